The number of ether oxygens (including phenoxy) is 1. The standard InChI is InChI=1S/C22H23NO4/c1-14(2)22(16-7-5-4-6-8-16)23-20(24)13-26-17-9-10-18-15(3)11-21(25)27-19(18)12-17/h4-12,14,22H,13H2,1-3H3,(H,23,24)/t22-/m1/s1. The van der Waals surface area contributed by atoms with Crippen molar-refractivity contribution >= 4 is 16.9 Å². The summed E-state index contributed by atoms with van der Waals surface area (Å²) in [5.41, 5.74) is 1.94. The van der Waals surface area contributed by atoms with E-state index in [1.54, 1.807) is 12.1 Å². The molecule has 0 spiro atoms. The summed E-state index contributed by atoms with van der Waals surface area (Å²) < 4.78 is 10.8. The van der Waals surface area contributed by atoms with Crippen LogP contribution in [0.4, 0.5) is 0 Å². The summed E-state index contributed by atoms with van der Waals surface area (Å²) in [6.45, 7) is 5.86. The molecule has 0 unspecified atom stereocenters. The first-order chi connectivity index (χ1) is 12.9. The molecule has 1 aromatic heterocycles. The predicted octanol–water partition coefficient (Wildman–Crippen LogP) is 3.99. The van der Waals surface area contributed by atoms with Gasteiger partial charge in [-0.05, 0) is 36.1 Å². The normalized spacial score (nSPS) is 12.1. The molecule has 3 aromatic rings. The van der Waals surface area contributed by atoms with Gasteiger partial charge in [0.25, 0.3) is 5.91 Å². The van der Waals surface area contributed by atoms with Gasteiger partial charge in [0, 0.05) is 17.5 Å². The van der Waals surface area contributed by atoms with E-state index in [0.717, 1.165) is 16.5 Å². The minimum atomic E-state index is -0.405. The number of nitrogens with one attached hydrogen (secondary N) is 1. The number of carbonyl (C=O) groups is 1. The van der Waals surface area contributed by atoms with Crippen LogP contribution in [0.2, 0.25) is 0 Å². The van der Waals surface area contributed by atoms with E-state index in [4.69, 9.17) is 9.15 Å². The summed E-state index contributed by atoms with van der Waals surface area (Å²) in [6.07, 6.45) is 0. The molecule has 0 bridgehead atoms. The highest BCUT2D eigenvalue weighted by molar-refractivity contribution is 5.82. The molecular formula is C22H23NO4. The van der Waals surface area contributed by atoms with Gasteiger partial charge >= 0.3 is 5.63 Å². The van der Waals surface area contributed by atoms with Crippen LogP contribution in [0.15, 0.2) is 63.8 Å². The molecule has 0 saturated carbocycles. The van der Waals surface area contributed by atoms with Crippen LogP contribution in [0.5, 0.6) is 5.75 Å². The number of benzene rings is 2. The van der Waals surface area contributed by atoms with E-state index >= 15 is 0 Å². The third-order valence-electron chi connectivity index (χ3n) is 4.43. The van der Waals surface area contributed by atoms with Crippen LogP contribution in [0.1, 0.15) is 31.0 Å². The Kier molecular flexibility index (Phi) is 5.60. The van der Waals surface area contributed by atoms with Crippen LogP contribution >= 0.6 is 0 Å². The van der Waals surface area contributed by atoms with E-state index in [1.165, 1.54) is 6.07 Å². The minimum Gasteiger partial charge on any atom is -0.484 e. The lowest BCUT2D eigenvalue weighted by Gasteiger charge is -2.23. The number of fused-ring (bicyclic) bond motifs is 1. The highest BCUT2D eigenvalue weighted by Gasteiger charge is 2.18. The van der Waals surface area contributed by atoms with Crippen molar-refractivity contribution in [3.8, 4) is 5.75 Å². The molecule has 0 aliphatic carbocycles. The van der Waals surface area contributed by atoms with Crippen molar-refractivity contribution in [1.82, 2.24) is 5.32 Å². The Morgan fingerprint density at radius 1 is 1.11 bits per heavy atom. The van der Waals surface area contributed by atoms with Gasteiger partial charge in [0.15, 0.2) is 6.61 Å². The molecule has 2 aromatic carbocycles. The number of hydrogen-bond donors (Lipinski definition) is 1. The van der Waals surface area contributed by atoms with E-state index in [0.29, 0.717) is 11.3 Å². The summed E-state index contributed by atoms with van der Waals surface area (Å²) in [4.78, 5) is 23.9. The fourth-order valence-electron chi connectivity index (χ4n) is 3.05. The van der Waals surface area contributed by atoms with E-state index in [9.17, 15) is 9.59 Å². The molecule has 3 rings (SSSR count). The maximum absolute atomic E-state index is 12.4. The maximum atomic E-state index is 12.4. The predicted molar refractivity (Wildman–Crippen MR) is 105 cm³/mol. The van der Waals surface area contributed by atoms with Crippen LogP contribution in [0.25, 0.3) is 11.0 Å². The highest BCUT2D eigenvalue weighted by atomic mass is 16.5. The van der Waals surface area contributed by atoms with Crippen molar-refractivity contribution in [3.63, 3.8) is 0 Å². The average Bonchev–Trinajstić information content (AvgIpc) is 2.64. The van der Waals surface area contributed by atoms with Crippen molar-refractivity contribution in [2.45, 2.75) is 26.8 Å². The molecule has 0 aliphatic heterocycles. The summed E-state index contributed by atoms with van der Waals surface area (Å²) in [6, 6.07) is 16.4. The van der Waals surface area contributed by atoms with E-state index in [1.807, 2.05) is 43.3 Å². The monoisotopic (exact) mass is 365 g/mol. The second kappa shape index (κ2) is 8.08. The Bertz CT molecular complexity index is 992. The molecule has 1 amide bonds. The van der Waals surface area contributed by atoms with Gasteiger partial charge in [-0.1, -0.05) is 44.2 Å². The second-order valence-corrected chi connectivity index (χ2v) is 6.89. The van der Waals surface area contributed by atoms with E-state index in [-0.39, 0.29) is 24.5 Å². The number of hydrogen-bond acceptors (Lipinski definition) is 4. The molecule has 1 N–H and O–H groups in total. The van der Waals surface area contributed by atoms with Crippen LogP contribution in [-0.2, 0) is 4.79 Å². The Hall–Kier alpha value is -3.08. The van der Waals surface area contributed by atoms with E-state index < -0.39 is 5.63 Å². The zero-order chi connectivity index (χ0) is 19.4. The number of carbonyl (C=O) groups excluding carboxylic acids is 1. The van der Waals surface area contributed by atoms with E-state index in [2.05, 4.69) is 19.2 Å². The topological polar surface area (TPSA) is 68.5 Å². The summed E-state index contributed by atoms with van der Waals surface area (Å²) in [5.74, 6) is 0.518. The molecule has 1 heterocycles. The summed E-state index contributed by atoms with van der Waals surface area (Å²) >= 11 is 0. The van der Waals surface area contributed by atoms with Crippen molar-refractivity contribution in [2.24, 2.45) is 5.92 Å². The molecule has 27 heavy (non-hydrogen) atoms. The van der Waals surface area contributed by atoms with Gasteiger partial charge in [-0.15, -0.1) is 0 Å². The van der Waals surface area contributed by atoms with Crippen LogP contribution in [0.3, 0.4) is 0 Å². The molecule has 0 aliphatic rings. The average molecular weight is 365 g/mol. The quantitative estimate of drug-likeness (QED) is 0.671. The molecule has 0 radical (unpaired) electrons. The van der Waals surface area contributed by atoms with Gasteiger partial charge < -0.3 is 14.5 Å². The maximum Gasteiger partial charge on any atom is 0.336 e. The molecule has 5 heteroatoms. The lowest BCUT2D eigenvalue weighted by Crippen LogP contribution is -2.35. The molecule has 0 fully saturated rings. The second-order valence-electron chi connectivity index (χ2n) is 6.89. The van der Waals surface area contributed by atoms with Crippen molar-refractivity contribution in [2.75, 3.05) is 6.61 Å². The lowest BCUT2D eigenvalue weighted by molar-refractivity contribution is -0.124. The van der Waals surface area contributed by atoms with Crippen molar-refractivity contribution in [1.29, 1.82) is 0 Å². The van der Waals surface area contributed by atoms with Gasteiger partial charge in [-0.2, -0.15) is 0 Å². The first-order valence-electron chi connectivity index (χ1n) is 8.95. The Labute approximate surface area is 158 Å². The van der Waals surface area contributed by atoms with Crippen molar-refractivity contribution in [3.05, 3.63) is 76.1 Å². The van der Waals surface area contributed by atoms with Crippen LogP contribution in [-0.4, -0.2) is 12.5 Å². The fraction of sp³-hybridized carbons (Fsp3) is 0.273. The number of aryl methyl sites for hydroxylation is 1. The van der Waals surface area contributed by atoms with Gasteiger partial charge in [0.1, 0.15) is 11.3 Å². The summed E-state index contributed by atoms with van der Waals surface area (Å²) in [7, 11) is 0. The third kappa shape index (κ3) is 4.56. The molecule has 0 saturated heterocycles. The Morgan fingerprint density at radius 3 is 2.56 bits per heavy atom. The zero-order valence-electron chi connectivity index (χ0n) is 15.7. The largest absolute Gasteiger partial charge is 0.484 e. The number of rotatable bonds is 6. The van der Waals surface area contributed by atoms with Gasteiger partial charge in [-0.25, -0.2) is 4.79 Å². The van der Waals surface area contributed by atoms with Crippen LogP contribution < -0.4 is 15.7 Å². The lowest BCUT2D eigenvalue weighted by atomic mass is 9.96. The first-order valence-corrected chi connectivity index (χ1v) is 8.95. The van der Waals surface area contributed by atoms with Gasteiger partial charge in [0.2, 0.25) is 0 Å². The fourth-order valence-corrected chi connectivity index (χ4v) is 3.05. The highest BCUT2D eigenvalue weighted by Crippen LogP contribution is 2.23. The smallest absolute Gasteiger partial charge is 0.336 e. The molecule has 1 atom stereocenters. The summed E-state index contributed by atoms with van der Waals surface area (Å²) in [5, 5.41) is 3.86. The Morgan fingerprint density at radius 2 is 1.85 bits per heavy atom. The van der Waals surface area contributed by atoms with Gasteiger partial charge in [0.05, 0.1) is 6.04 Å². The third-order valence-corrected chi connectivity index (χ3v) is 4.43. The zero-order valence-corrected chi connectivity index (χ0v) is 15.7. The first kappa shape index (κ1) is 18.7. The van der Waals surface area contributed by atoms with Gasteiger partial charge in [-0.3, -0.25) is 4.79 Å². The molecule has 5 nitrogen and oxygen atoms in total. The molecular weight excluding hydrogens is 342 g/mol. The Balaban J connectivity index is 1.68. The SMILES string of the molecule is Cc1cc(=O)oc2cc(OCC(=O)N[C@@H](c3ccccc3)C(C)C)ccc12. The molecule has 140 valence electrons. The van der Waals surface area contributed by atoms with Crippen LogP contribution in [0, 0.1) is 12.8 Å². The van der Waals surface area contributed by atoms with Crippen molar-refractivity contribution < 1.29 is 13.9 Å². The minimum absolute atomic E-state index is 0.0837. The number of amides is 1.